The number of fused-ring (bicyclic) bond motifs is 1. The van der Waals surface area contributed by atoms with E-state index in [-0.39, 0.29) is 12.3 Å². The molecule has 0 unspecified atom stereocenters. The number of H-pyrrole nitrogens is 2. The predicted molar refractivity (Wildman–Crippen MR) is 72.8 cm³/mol. The highest BCUT2D eigenvalue weighted by Gasteiger charge is 2.15. The van der Waals surface area contributed by atoms with E-state index >= 15 is 0 Å². The van der Waals surface area contributed by atoms with Gasteiger partial charge in [-0.1, -0.05) is 0 Å². The summed E-state index contributed by atoms with van der Waals surface area (Å²) in [4.78, 5) is 29.5. The summed E-state index contributed by atoms with van der Waals surface area (Å²) in [6.07, 6.45) is 0. The summed E-state index contributed by atoms with van der Waals surface area (Å²) in [7, 11) is 0. The van der Waals surface area contributed by atoms with Gasteiger partial charge in [-0.15, -0.1) is 0 Å². The van der Waals surface area contributed by atoms with Gasteiger partial charge in [0, 0.05) is 24.3 Å². The third-order valence-electron chi connectivity index (χ3n) is 3.37. The van der Waals surface area contributed by atoms with Crippen molar-refractivity contribution in [1.29, 1.82) is 0 Å². The summed E-state index contributed by atoms with van der Waals surface area (Å²) in [5, 5.41) is 0. The predicted octanol–water partition coefficient (Wildman–Crippen LogP) is 0.366. The number of benzene rings is 1. The molecule has 7 heteroatoms. The number of anilines is 1. The summed E-state index contributed by atoms with van der Waals surface area (Å²) < 4.78 is 10.2. The molecule has 2 N–H and O–H groups in total. The lowest BCUT2D eigenvalue weighted by molar-refractivity contribution is -0.129. The molecule has 0 saturated carbocycles. The average Bonchev–Trinajstić information content (AvgIpc) is 2.86. The average molecular weight is 277 g/mol. The van der Waals surface area contributed by atoms with Crippen LogP contribution < -0.4 is 10.6 Å². The van der Waals surface area contributed by atoms with Crippen molar-refractivity contribution in [3.8, 4) is 0 Å². The normalized spacial score (nSPS) is 15.5. The minimum atomic E-state index is -0.272. The second-order valence-electron chi connectivity index (χ2n) is 4.61. The molecule has 0 amide bonds. The van der Waals surface area contributed by atoms with Crippen LogP contribution in [-0.4, -0.2) is 42.7 Å². The highest BCUT2D eigenvalue weighted by molar-refractivity contribution is 5.82. The molecule has 0 spiro atoms. The highest BCUT2D eigenvalue weighted by Crippen LogP contribution is 2.24. The van der Waals surface area contributed by atoms with E-state index in [4.69, 9.17) is 9.47 Å². The molecule has 1 aromatic carbocycles. The first-order valence-corrected chi connectivity index (χ1v) is 6.41. The fraction of sp³-hybridized carbons (Fsp3) is 0.385. The molecule has 106 valence electrons. The van der Waals surface area contributed by atoms with E-state index in [0.717, 1.165) is 24.3 Å². The summed E-state index contributed by atoms with van der Waals surface area (Å²) >= 11 is 0. The number of hydrogen-bond acceptors (Lipinski definition) is 5. The molecule has 7 nitrogen and oxygen atoms in total. The lowest BCUT2D eigenvalue weighted by atomic mass is 10.1. The number of carbonyl (C=O) groups is 1. The smallest absolute Gasteiger partial charge is 0.323 e. The highest BCUT2D eigenvalue weighted by atomic mass is 16.5. The van der Waals surface area contributed by atoms with Crippen LogP contribution in [0.25, 0.3) is 11.0 Å². The molecule has 1 aliphatic heterocycles. The van der Waals surface area contributed by atoms with Crippen LogP contribution in [0.15, 0.2) is 16.9 Å². The van der Waals surface area contributed by atoms with Gasteiger partial charge in [-0.05, 0) is 12.1 Å². The third kappa shape index (κ3) is 2.39. The van der Waals surface area contributed by atoms with Gasteiger partial charge in [-0.3, -0.25) is 4.79 Å². The molecule has 1 saturated heterocycles. The monoisotopic (exact) mass is 277 g/mol. The minimum absolute atomic E-state index is 0.131. The van der Waals surface area contributed by atoms with Crippen LogP contribution in [0.2, 0.25) is 0 Å². The zero-order chi connectivity index (χ0) is 13.9. The Morgan fingerprint density at radius 3 is 2.85 bits per heavy atom. The number of aromatic amines is 2. The van der Waals surface area contributed by atoms with E-state index in [9.17, 15) is 9.59 Å². The van der Waals surface area contributed by atoms with Crippen molar-refractivity contribution in [2.45, 2.75) is 6.61 Å². The van der Waals surface area contributed by atoms with Crippen molar-refractivity contribution in [3.05, 3.63) is 28.2 Å². The number of imidazole rings is 1. The topological polar surface area (TPSA) is 87.4 Å². The Kier molecular flexibility index (Phi) is 3.42. The minimum Gasteiger partial charge on any atom is -0.463 e. The largest absolute Gasteiger partial charge is 0.463 e. The van der Waals surface area contributed by atoms with Gasteiger partial charge >= 0.3 is 5.69 Å². The lowest BCUT2D eigenvalue weighted by Crippen LogP contribution is -2.36. The Labute approximate surface area is 114 Å². The van der Waals surface area contributed by atoms with Gasteiger partial charge in [0.2, 0.25) is 0 Å². The van der Waals surface area contributed by atoms with E-state index in [1.54, 1.807) is 0 Å². The first kappa shape index (κ1) is 12.7. The Morgan fingerprint density at radius 2 is 2.10 bits per heavy atom. The van der Waals surface area contributed by atoms with Crippen molar-refractivity contribution < 1.29 is 14.3 Å². The Bertz CT molecular complexity index is 670. The third-order valence-corrected chi connectivity index (χ3v) is 3.37. The number of rotatable bonds is 4. The fourth-order valence-electron chi connectivity index (χ4n) is 2.44. The Hall–Kier alpha value is -2.28. The van der Waals surface area contributed by atoms with Gasteiger partial charge in [0.25, 0.3) is 6.47 Å². The van der Waals surface area contributed by atoms with E-state index < -0.39 is 0 Å². The molecule has 2 aromatic rings. The molecule has 0 radical (unpaired) electrons. The second kappa shape index (κ2) is 5.38. The SMILES string of the molecule is O=COCc1cc(N2CCOCC2)cc2[nH]c(=O)[nH]c12. The number of carbonyl (C=O) groups excluding carboxylic acids is 1. The van der Waals surface area contributed by atoms with Gasteiger partial charge in [0.05, 0.1) is 24.2 Å². The van der Waals surface area contributed by atoms with Crippen molar-refractivity contribution in [2.75, 3.05) is 31.2 Å². The summed E-state index contributed by atoms with van der Waals surface area (Å²) in [5.74, 6) is 0. The van der Waals surface area contributed by atoms with Gasteiger partial charge in [0.1, 0.15) is 6.61 Å². The van der Waals surface area contributed by atoms with Crippen LogP contribution in [0.4, 0.5) is 5.69 Å². The number of aromatic nitrogens is 2. The van der Waals surface area contributed by atoms with Crippen LogP contribution >= 0.6 is 0 Å². The Balaban J connectivity index is 2.03. The van der Waals surface area contributed by atoms with Crippen LogP contribution in [0.5, 0.6) is 0 Å². The molecule has 1 fully saturated rings. The quantitative estimate of drug-likeness (QED) is 0.788. The maximum Gasteiger partial charge on any atom is 0.323 e. The number of ether oxygens (including phenoxy) is 2. The zero-order valence-corrected chi connectivity index (χ0v) is 10.8. The molecule has 2 heterocycles. The maximum atomic E-state index is 11.4. The number of hydrogen-bond donors (Lipinski definition) is 2. The number of nitrogens with one attached hydrogen (secondary N) is 2. The van der Waals surface area contributed by atoms with E-state index in [2.05, 4.69) is 14.9 Å². The van der Waals surface area contributed by atoms with Crippen LogP contribution in [0.1, 0.15) is 5.56 Å². The first-order chi connectivity index (χ1) is 9.78. The van der Waals surface area contributed by atoms with Gasteiger partial charge < -0.3 is 24.3 Å². The van der Waals surface area contributed by atoms with Gasteiger partial charge in [-0.25, -0.2) is 4.79 Å². The van der Waals surface area contributed by atoms with Crippen molar-refractivity contribution in [2.24, 2.45) is 0 Å². The molecule has 3 rings (SSSR count). The number of nitrogens with zero attached hydrogens (tertiary/aromatic N) is 1. The molecule has 0 bridgehead atoms. The fourth-order valence-corrected chi connectivity index (χ4v) is 2.44. The lowest BCUT2D eigenvalue weighted by Gasteiger charge is -2.29. The molecule has 0 atom stereocenters. The van der Waals surface area contributed by atoms with Gasteiger partial charge in [-0.2, -0.15) is 0 Å². The maximum absolute atomic E-state index is 11.4. The summed E-state index contributed by atoms with van der Waals surface area (Å²) in [6, 6.07) is 3.85. The molecule has 1 aliphatic rings. The second-order valence-corrected chi connectivity index (χ2v) is 4.61. The summed E-state index contributed by atoms with van der Waals surface area (Å²) in [5.41, 5.74) is 2.87. The van der Waals surface area contributed by atoms with Crippen molar-refractivity contribution in [3.63, 3.8) is 0 Å². The zero-order valence-electron chi connectivity index (χ0n) is 10.8. The molecule has 1 aromatic heterocycles. The van der Waals surface area contributed by atoms with E-state index in [1.165, 1.54) is 0 Å². The van der Waals surface area contributed by atoms with Crippen molar-refractivity contribution in [1.82, 2.24) is 9.97 Å². The molecule has 0 aliphatic carbocycles. The van der Waals surface area contributed by atoms with Gasteiger partial charge in [0.15, 0.2) is 0 Å². The first-order valence-electron chi connectivity index (χ1n) is 6.41. The standard InChI is InChI=1S/C13H15N3O4/c17-8-20-7-9-5-10(16-1-3-19-4-2-16)6-11-12(9)15-13(18)14-11/h5-6,8H,1-4,7H2,(H2,14,15,18). The van der Waals surface area contributed by atoms with E-state index in [1.807, 2.05) is 12.1 Å². The Morgan fingerprint density at radius 1 is 1.30 bits per heavy atom. The number of morpholine rings is 1. The van der Waals surface area contributed by atoms with Crippen LogP contribution in [0, 0.1) is 0 Å². The van der Waals surface area contributed by atoms with E-state index in [0.29, 0.717) is 30.7 Å². The van der Waals surface area contributed by atoms with Crippen LogP contribution in [-0.2, 0) is 20.9 Å². The van der Waals surface area contributed by atoms with Crippen LogP contribution in [0.3, 0.4) is 0 Å². The summed E-state index contributed by atoms with van der Waals surface area (Å²) in [6.45, 7) is 3.50. The molecular weight excluding hydrogens is 262 g/mol. The molecule has 20 heavy (non-hydrogen) atoms. The molecular formula is C13H15N3O4. The van der Waals surface area contributed by atoms with Crippen molar-refractivity contribution >= 4 is 23.2 Å².